The molecule has 0 bridgehead atoms. The fourth-order valence-corrected chi connectivity index (χ4v) is 5.29. The van der Waals surface area contributed by atoms with Gasteiger partial charge in [-0.25, -0.2) is 13.2 Å². The SMILES string of the molecule is CC(C)(C)c1nnc(NC(=O)C2CCCCN2C(=O)N2CCS(=O)(=O)CC2)s1. The van der Waals surface area contributed by atoms with Crippen molar-refractivity contribution in [1.29, 1.82) is 0 Å². The average Bonchev–Trinajstić information content (AvgIpc) is 3.10. The van der Waals surface area contributed by atoms with Gasteiger partial charge in [-0.2, -0.15) is 0 Å². The molecule has 0 aromatic carbocycles. The highest BCUT2D eigenvalue weighted by Gasteiger charge is 2.36. The zero-order valence-corrected chi connectivity index (χ0v) is 18.1. The molecular weight excluding hydrogens is 402 g/mol. The van der Waals surface area contributed by atoms with Crippen molar-refractivity contribution in [1.82, 2.24) is 20.0 Å². The zero-order chi connectivity index (χ0) is 20.5. The van der Waals surface area contributed by atoms with E-state index in [9.17, 15) is 18.0 Å². The van der Waals surface area contributed by atoms with E-state index in [4.69, 9.17) is 0 Å². The molecule has 9 nitrogen and oxygen atoms in total. The normalized spacial score (nSPS) is 22.8. The molecule has 3 heterocycles. The monoisotopic (exact) mass is 429 g/mol. The Labute approximate surface area is 169 Å². The van der Waals surface area contributed by atoms with Gasteiger partial charge in [0.15, 0.2) is 9.84 Å². The lowest BCUT2D eigenvalue weighted by atomic mass is 9.98. The number of likely N-dealkylation sites (tertiary alicyclic amines) is 1. The lowest BCUT2D eigenvalue weighted by Gasteiger charge is -2.39. The van der Waals surface area contributed by atoms with Crippen molar-refractivity contribution in [2.24, 2.45) is 0 Å². The molecule has 1 unspecified atom stereocenters. The van der Waals surface area contributed by atoms with Gasteiger partial charge in [-0.15, -0.1) is 10.2 Å². The molecule has 1 aromatic rings. The minimum Gasteiger partial charge on any atom is -0.323 e. The molecule has 0 aliphatic carbocycles. The first-order valence-electron chi connectivity index (χ1n) is 9.48. The van der Waals surface area contributed by atoms with Crippen molar-refractivity contribution in [3.8, 4) is 0 Å². The van der Waals surface area contributed by atoms with E-state index in [1.54, 1.807) is 4.90 Å². The smallest absolute Gasteiger partial charge is 0.320 e. The topological polar surface area (TPSA) is 113 Å². The maximum Gasteiger partial charge on any atom is 0.320 e. The van der Waals surface area contributed by atoms with Crippen LogP contribution >= 0.6 is 11.3 Å². The maximum atomic E-state index is 12.9. The summed E-state index contributed by atoms with van der Waals surface area (Å²) in [5, 5.41) is 12.2. The minimum absolute atomic E-state index is 0.0240. The number of nitrogens with one attached hydrogen (secondary N) is 1. The second-order valence-corrected chi connectivity index (χ2v) is 11.6. The second-order valence-electron chi connectivity index (χ2n) is 8.28. The molecule has 1 atom stereocenters. The Morgan fingerprint density at radius 2 is 1.79 bits per heavy atom. The van der Waals surface area contributed by atoms with Gasteiger partial charge in [0, 0.05) is 25.0 Å². The standard InChI is InChI=1S/C17H27N5O4S2/c1-17(2,3)14-19-20-15(27-14)18-13(23)12-6-4-5-7-22(12)16(24)21-8-10-28(25,26)11-9-21/h12H,4-11H2,1-3H3,(H,18,20,23). The van der Waals surface area contributed by atoms with Crippen molar-refractivity contribution >= 4 is 38.2 Å². The lowest BCUT2D eigenvalue weighted by molar-refractivity contribution is -0.121. The summed E-state index contributed by atoms with van der Waals surface area (Å²) in [6.07, 6.45) is 2.27. The van der Waals surface area contributed by atoms with E-state index in [1.165, 1.54) is 16.2 Å². The molecule has 2 aliphatic rings. The summed E-state index contributed by atoms with van der Waals surface area (Å²) in [5.41, 5.74) is -0.151. The predicted molar refractivity (Wildman–Crippen MR) is 107 cm³/mol. The van der Waals surface area contributed by atoms with Crippen molar-refractivity contribution in [3.05, 3.63) is 5.01 Å². The Kier molecular flexibility index (Phi) is 5.95. The Morgan fingerprint density at radius 1 is 1.11 bits per heavy atom. The van der Waals surface area contributed by atoms with Gasteiger partial charge in [-0.3, -0.25) is 10.1 Å². The van der Waals surface area contributed by atoms with E-state index < -0.39 is 15.9 Å². The fourth-order valence-electron chi connectivity index (χ4n) is 3.28. The number of aromatic nitrogens is 2. The van der Waals surface area contributed by atoms with Crippen LogP contribution in [0.2, 0.25) is 0 Å². The molecule has 2 aliphatic heterocycles. The highest BCUT2D eigenvalue weighted by molar-refractivity contribution is 7.91. The van der Waals surface area contributed by atoms with E-state index in [0.717, 1.165) is 17.8 Å². The van der Waals surface area contributed by atoms with Crippen LogP contribution in [0.1, 0.15) is 45.0 Å². The second kappa shape index (κ2) is 7.94. The Balaban J connectivity index is 1.68. The largest absolute Gasteiger partial charge is 0.323 e. The van der Waals surface area contributed by atoms with Crippen LogP contribution in [0.25, 0.3) is 0 Å². The number of sulfone groups is 1. The number of anilines is 1. The molecule has 0 radical (unpaired) electrons. The van der Waals surface area contributed by atoms with Crippen LogP contribution in [0.5, 0.6) is 0 Å². The third-order valence-corrected chi connectivity index (χ3v) is 7.84. The first kappa shape index (κ1) is 21.0. The molecule has 11 heteroatoms. The van der Waals surface area contributed by atoms with Crippen LogP contribution in [-0.2, 0) is 20.0 Å². The van der Waals surface area contributed by atoms with E-state index in [2.05, 4.69) is 15.5 Å². The number of piperidine rings is 1. The van der Waals surface area contributed by atoms with Crippen LogP contribution < -0.4 is 5.32 Å². The number of amides is 3. The number of hydrogen-bond acceptors (Lipinski definition) is 7. The van der Waals surface area contributed by atoms with Crippen LogP contribution in [0.15, 0.2) is 0 Å². The van der Waals surface area contributed by atoms with E-state index in [0.29, 0.717) is 18.1 Å². The van der Waals surface area contributed by atoms with Crippen molar-refractivity contribution in [3.63, 3.8) is 0 Å². The molecular formula is C17H27N5O4S2. The van der Waals surface area contributed by atoms with Crippen LogP contribution in [-0.4, -0.2) is 77.5 Å². The summed E-state index contributed by atoms with van der Waals surface area (Å²) in [5.74, 6) is -0.317. The number of rotatable bonds is 2. The number of urea groups is 1. The minimum atomic E-state index is -3.07. The number of carbonyl (C=O) groups is 2. The van der Waals surface area contributed by atoms with E-state index in [-0.39, 0.29) is 41.9 Å². The summed E-state index contributed by atoms with van der Waals surface area (Å²) in [4.78, 5) is 28.9. The highest BCUT2D eigenvalue weighted by Crippen LogP contribution is 2.28. The Morgan fingerprint density at radius 3 is 2.39 bits per heavy atom. The van der Waals surface area contributed by atoms with Gasteiger partial charge in [-0.1, -0.05) is 32.1 Å². The van der Waals surface area contributed by atoms with Crippen LogP contribution in [0.4, 0.5) is 9.93 Å². The number of carbonyl (C=O) groups excluding carboxylic acids is 2. The lowest BCUT2D eigenvalue weighted by Crippen LogP contribution is -2.56. The molecule has 156 valence electrons. The summed E-state index contributed by atoms with van der Waals surface area (Å²) in [6, 6.07) is -0.843. The highest BCUT2D eigenvalue weighted by atomic mass is 32.2. The van der Waals surface area contributed by atoms with Gasteiger partial charge in [0.2, 0.25) is 11.0 Å². The van der Waals surface area contributed by atoms with Gasteiger partial charge in [-0.05, 0) is 19.3 Å². The van der Waals surface area contributed by atoms with E-state index >= 15 is 0 Å². The third kappa shape index (κ3) is 4.80. The molecule has 0 saturated carbocycles. The predicted octanol–water partition coefficient (Wildman–Crippen LogP) is 1.48. The van der Waals surface area contributed by atoms with Gasteiger partial charge in [0.05, 0.1) is 11.5 Å². The molecule has 1 aromatic heterocycles. The van der Waals surface area contributed by atoms with Crippen molar-refractivity contribution < 1.29 is 18.0 Å². The summed E-state index contributed by atoms with van der Waals surface area (Å²) in [7, 11) is -3.07. The Bertz CT molecular complexity index is 832. The zero-order valence-electron chi connectivity index (χ0n) is 16.5. The van der Waals surface area contributed by atoms with Gasteiger partial charge in [0.25, 0.3) is 0 Å². The van der Waals surface area contributed by atoms with E-state index in [1.807, 2.05) is 20.8 Å². The van der Waals surface area contributed by atoms with Crippen molar-refractivity contribution in [2.45, 2.75) is 51.5 Å². The molecule has 28 heavy (non-hydrogen) atoms. The number of nitrogens with zero attached hydrogens (tertiary/aromatic N) is 4. The molecule has 3 rings (SSSR count). The quantitative estimate of drug-likeness (QED) is 0.762. The number of hydrogen-bond donors (Lipinski definition) is 1. The first-order valence-corrected chi connectivity index (χ1v) is 12.1. The fraction of sp³-hybridized carbons (Fsp3) is 0.765. The summed E-state index contributed by atoms with van der Waals surface area (Å²) >= 11 is 1.33. The summed E-state index contributed by atoms with van der Waals surface area (Å²) in [6.45, 7) is 6.93. The maximum absolute atomic E-state index is 12.9. The molecule has 3 amide bonds. The molecule has 2 fully saturated rings. The summed E-state index contributed by atoms with van der Waals surface area (Å²) < 4.78 is 23.2. The van der Waals surface area contributed by atoms with Gasteiger partial charge < -0.3 is 9.80 Å². The molecule has 1 N–H and O–H groups in total. The van der Waals surface area contributed by atoms with Crippen LogP contribution in [0, 0.1) is 0 Å². The Hall–Kier alpha value is -1.75. The first-order chi connectivity index (χ1) is 13.1. The average molecular weight is 430 g/mol. The van der Waals surface area contributed by atoms with Crippen molar-refractivity contribution in [2.75, 3.05) is 36.5 Å². The van der Waals surface area contributed by atoms with Crippen LogP contribution in [0.3, 0.4) is 0 Å². The third-order valence-electron chi connectivity index (χ3n) is 4.96. The molecule has 2 saturated heterocycles. The van der Waals surface area contributed by atoms with Gasteiger partial charge in [0.1, 0.15) is 11.0 Å². The molecule has 0 spiro atoms. The van der Waals surface area contributed by atoms with Gasteiger partial charge >= 0.3 is 6.03 Å².